The van der Waals surface area contributed by atoms with E-state index >= 15 is 0 Å². The number of amides is 1. The number of carbonyl (C=O) groups is 1. The molecule has 0 saturated carbocycles. The fourth-order valence-corrected chi connectivity index (χ4v) is 1.76. The summed E-state index contributed by atoms with van der Waals surface area (Å²) in [4.78, 5) is 12.1. The van der Waals surface area contributed by atoms with E-state index in [2.05, 4.69) is 21.2 Å². The largest absolute Gasteiger partial charge is 0.369 e. The van der Waals surface area contributed by atoms with Crippen molar-refractivity contribution in [1.82, 2.24) is 0 Å². The van der Waals surface area contributed by atoms with Crippen LogP contribution < -0.4 is 5.32 Å². The topological polar surface area (TPSA) is 38.3 Å². The lowest BCUT2D eigenvalue weighted by molar-refractivity contribution is -0.136. The molecule has 0 aliphatic heterocycles. The predicted molar refractivity (Wildman–Crippen MR) is 73.2 cm³/mol. The third-order valence-corrected chi connectivity index (χ3v) is 3.98. The Hall–Kier alpha value is -0.870. The summed E-state index contributed by atoms with van der Waals surface area (Å²) >= 11 is 3.44. The summed E-state index contributed by atoms with van der Waals surface area (Å²) in [5.41, 5.74) is 1.03. The highest BCUT2D eigenvalue weighted by Gasteiger charge is 2.31. The van der Waals surface area contributed by atoms with E-state index in [1.807, 2.05) is 32.0 Å². The first-order chi connectivity index (χ1) is 7.94. The number of methoxy groups -OCH3 is 1. The zero-order valence-corrected chi connectivity index (χ0v) is 12.2. The van der Waals surface area contributed by atoms with Crippen LogP contribution in [0.3, 0.4) is 0 Å². The van der Waals surface area contributed by atoms with Gasteiger partial charge >= 0.3 is 0 Å². The van der Waals surface area contributed by atoms with E-state index in [0.29, 0.717) is 6.42 Å². The van der Waals surface area contributed by atoms with E-state index in [9.17, 15) is 4.79 Å². The van der Waals surface area contributed by atoms with Crippen LogP contribution in [0, 0.1) is 6.92 Å². The molecule has 1 amide bonds. The molecule has 0 spiro atoms. The molecule has 17 heavy (non-hydrogen) atoms. The zero-order valence-electron chi connectivity index (χ0n) is 10.6. The highest BCUT2D eigenvalue weighted by atomic mass is 79.9. The van der Waals surface area contributed by atoms with Gasteiger partial charge in [-0.2, -0.15) is 0 Å². The minimum atomic E-state index is -0.783. The van der Waals surface area contributed by atoms with Gasteiger partial charge in [0.15, 0.2) is 0 Å². The molecule has 0 bridgehead atoms. The third-order valence-electron chi connectivity index (χ3n) is 3.12. The van der Waals surface area contributed by atoms with E-state index in [-0.39, 0.29) is 5.91 Å². The molecule has 1 atom stereocenters. The predicted octanol–water partition coefficient (Wildman–Crippen LogP) is 3.51. The Kier molecular flexibility index (Phi) is 4.71. The second-order valence-corrected chi connectivity index (χ2v) is 5.01. The molecule has 0 aliphatic carbocycles. The van der Waals surface area contributed by atoms with Crippen molar-refractivity contribution in [3.8, 4) is 0 Å². The first-order valence-corrected chi connectivity index (χ1v) is 6.35. The first-order valence-electron chi connectivity index (χ1n) is 5.56. The van der Waals surface area contributed by atoms with Gasteiger partial charge in [-0.15, -0.1) is 0 Å². The molecule has 4 heteroatoms. The van der Waals surface area contributed by atoms with Gasteiger partial charge in [0, 0.05) is 17.3 Å². The van der Waals surface area contributed by atoms with E-state index in [1.165, 1.54) is 0 Å². The van der Waals surface area contributed by atoms with Crippen LogP contribution in [-0.4, -0.2) is 18.6 Å². The molecule has 1 N–H and O–H groups in total. The maximum Gasteiger partial charge on any atom is 0.256 e. The van der Waals surface area contributed by atoms with Crippen LogP contribution >= 0.6 is 15.9 Å². The molecule has 1 aromatic carbocycles. The van der Waals surface area contributed by atoms with Crippen molar-refractivity contribution in [2.75, 3.05) is 12.4 Å². The van der Waals surface area contributed by atoms with Crippen LogP contribution in [0.1, 0.15) is 25.8 Å². The summed E-state index contributed by atoms with van der Waals surface area (Å²) in [5, 5.41) is 2.90. The molecular weight excluding hydrogens is 282 g/mol. The van der Waals surface area contributed by atoms with E-state index < -0.39 is 5.60 Å². The summed E-state index contributed by atoms with van der Waals surface area (Å²) in [5.74, 6) is -0.122. The lowest BCUT2D eigenvalue weighted by Gasteiger charge is -2.25. The van der Waals surface area contributed by atoms with Crippen molar-refractivity contribution in [2.45, 2.75) is 32.8 Å². The van der Waals surface area contributed by atoms with Crippen LogP contribution in [0.5, 0.6) is 0 Å². The van der Waals surface area contributed by atoms with Gasteiger partial charge in [-0.3, -0.25) is 4.79 Å². The second kappa shape index (κ2) is 5.65. The van der Waals surface area contributed by atoms with Gasteiger partial charge in [0.05, 0.1) is 0 Å². The summed E-state index contributed by atoms with van der Waals surface area (Å²) in [6.45, 7) is 5.67. The Morgan fingerprint density at radius 2 is 2.18 bits per heavy atom. The van der Waals surface area contributed by atoms with Gasteiger partial charge in [0.1, 0.15) is 5.60 Å². The highest BCUT2D eigenvalue weighted by Crippen LogP contribution is 2.25. The van der Waals surface area contributed by atoms with Crippen LogP contribution in [0.2, 0.25) is 0 Å². The Labute approximate surface area is 111 Å². The first kappa shape index (κ1) is 14.2. The van der Waals surface area contributed by atoms with E-state index in [4.69, 9.17) is 4.74 Å². The molecular formula is C13H18BrNO2. The fraction of sp³-hybridized carbons (Fsp3) is 0.462. The zero-order chi connectivity index (χ0) is 13.1. The summed E-state index contributed by atoms with van der Waals surface area (Å²) in [7, 11) is 1.55. The number of hydrogen-bond acceptors (Lipinski definition) is 2. The smallest absolute Gasteiger partial charge is 0.256 e. The van der Waals surface area contributed by atoms with Crippen molar-refractivity contribution < 1.29 is 9.53 Å². The number of ether oxygens (including phenoxy) is 1. The molecule has 0 saturated heterocycles. The van der Waals surface area contributed by atoms with Crippen molar-refractivity contribution >= 4 is 27.5 Å². The van der Waals surface area contributed by atoms with Crippen molar-refractivity contribution in [3.05, 3.63) is 28.2 Å². The summed E-state index contributed by atoms with van der Waals surface area (Å²) in [6, 6.07) is 5.72. The molecule has 1 aromatic rings. The van der Waals surface area contributed by atoms with Crippen LogP contribution in [-0.2, 0) is 9.53 Å². The number of carbonyl (C=O) groups excluding carboxylic acids is 1. The van der Waals surface area contributed by atoms with Crippen LogP contribution in [0.15, 0.2) is 22.7 Å². The normalized spacial score (nSPS) is 14.2. The molecule has 0 radical (unpaired) electrons. The minimum Gasteiger partial charge on any atom is -0.369 e. The van der Waals surface area contributed by atoms with Crippen molar-refractivity contribution in [3.63, 3.8) is 0 Å². The summed E-state index contributed by atoms with van der Waals surface area (Å²) < 4.78 is 6.25. The monoisotopic (exact) mass is 299 g/mol. The highest BCUT2D eigenvalue weighted by molar-refractivity contribution is 9.10. The van der Waals surface area contributed by atoms with Gasteiger partial charge < -0.3 is 10.1 Å². The van der Waals surface area contributed by atoms with Gasteiger partial charge in [-0.1, -0.05) is 28.9 Å². The molecule has 0 heterocycles. The van der Waals surface area contributed by atoms with Crippen molar-refractivity contribution in [2.24, 2.45) is 0 Å². The van der Waals surface area contributed by atoms with Crippen LogP contribution in [0.25, 0.3) is 0 Å². The summed E-state index contributed by atoms with van der Waals surface area (Å²) in [6.07, 6.45) is 0.627. The lowest BCUT2D eigenvalue weighted by Crippen LogP contribution is -2.41. The molecule has 1 rings (SSSR count). The molecule has 0 fully saturated rings. The van der Waals surface area contributed by atoms with E-state index in [0.717, 1.165) is 15.7 Å². The second-order valence-electron chi connectivity index (χ2n) is 4.16. The standard InChI is InChI=1S/C13H18BrNO2/c1-5-13(3,17-4)12(16)15-11-8-6-7-10(14)9(11)2/h6-8H,5H2,1-4H3,(H,15,16). The third kappa shape index (κ3) is 3.07. The maximum absolute atomic E-state index is 12.1. The molecule has 1 unspecified atom stereocenters. The van der Waals surface area contributed by atoms with Gasteiger partial charge in [0.2, 0.25) is 0 Å². The number of benzene rings is 1. The quantitative estimate of drug-likeness (QED) is 0.924. The Morgan fingerprint density at radius 1 is 1.53 bits per heavy atom. The van der Waals surface area contributed by atoms with Gasteiger partial charge in [0.25, 0.3) is 5.91 Å². The number of hydrogen-bond donors (Lipinski definition) is 1. The number of anilines is 1. The molecule has 3 nitrogen and oxygen atoms in total. The van der Waals surface area contributed by atoms with Gasteiger partial charge in [-0.05, 0) is 38.0 Å². The van der Waals surface area contributed by atoms with Gasteiger partial charge in [-0.25, -0.2) is 0 Å². The maximum atomic E-state index is 12.1. The molecule has 0 aliphatic rings. The number of halogens is 1. The van der Waals surface area contributed by atoms with Crippen molar-refractivity contribution in [1.29, 1.82) is 0 Å². The minimum absolute atomic E-state index is 0.122. The Balaban J connectivity index is 2.92. The van der Waals surface area contributed by atoms with E-state index in [1.54, 1.807) is 14.0 Å². The number of nitrogens with one attached hydrogen (secondary N) is 1. The SMILES string of the molecule is CCC(C)(OC)C(=O)Nc1cccc(Br)c1C. The number of rotatable bonds is 4. The molecule has 0 aromatic heterocycles. The molecule has 94 valence electrons. The fourth-order valence-electron chi connectivity index (χ4n) is 1.40. The Morgan fingerprint density at radius 3 is 2.71 bits per heavy atom. The van der Waals surface area contributed by atoms with Crippen LogP contribution in [0.4, 0.5) is 5.69 Å². The average Bonchev–Trinajstić information content (AvgIpc) is 2.33. The Bertz CT molecular complexity index is 414. The lowest BCUT2D eigenvalue weighted by atomic mass is 10.0. The average molecular weight is 300 g/mol.